The lowest BCUT2D eigenvalue weighted by atomic mass is 10.00. The maximum Gasteiger partial charge on any atom is 0.407 e. The van der Waals surface area contributed by atoms with E-state index in [4.69, 9.17) is 4.74 Å². The molecule has 0 unspecified atom stereocenters. The van der Waals surface area contributed by atoms with Gasteiger partial charge in [-0.05, 0) is 61.4 Å². The van der Waals surface area contributed by atoms with Crippen molar-refractivity contribution in [2.45, 2.75) is 32.9 Å². The first kappa shape index (κ1) is 23.9. The first-order valence-electron chi connectivity index (χ1n) is 10.8. The van der Waals surface area contributed by atoms with E-state index in [0.717, 1.165) is 22.4 Å². The largest absolute Gasteiger partial charge is 0.444 e. The van der Waals surface area contributed by atoms with E-state index in [1.807, 2.05) is 29.0 Å². The lowest BCUT2D eigenvalue weighted by Crippen LogP contribution is -2.32. The van der Waals surface area contributed by atoms with Crippen LogP contribution < -0.4 is 10.9 Å². The highest BCUT2D eigenvalue weighted by atomic mass is 32.1. The lowest BCUT2D eigenvalue weighted by Gasteiger charge is -2.19. The number of hydrogen-bond donors (Lipinski definition) is 2. The number of rotatable bonds is 5. The topological polar surface area (TPSA) is 126 Å². The number of nitriles is 1. The van der Waals surface area contributed by atoms with Gasteiger partial charge in [0.1, 0.15) is 5.60 Å². The quantitative estimate of drug-likeness (QED) is 0.399. The van der Waals surface area contributed by atoms with Crippen molar-refractivity contribution < 1.29 is 9.53 Å². The number of alkyl carbamates (subject to hydrolysis) is 1. The van der Waals surface area contributed by atoms with E-state index >= 15 is 0 Å². The number of fused-ring (bicyclic) bond motifs is 1. The molecule has 4 rings (SSSR count). The van der Waals surface area contributed by atoms with Gasteiger partial charge in [0.05, 0.1) is 41.2 Å². The van der Waals surface area contributed by atoms with Crippen LogP contribution in [-0.2, 0) is 18.3 Å². The van der Waals surface area contributed by atoms with E-state index in [-0.39, 0.29) is 12.1 Å². The van der Waals surface area contributed by atoms with Crippen LogP contribution in [0.3, 0.4) is 0 Å². The maximum atomic E-state index is 12.4. The zero-order valence-corrected chi connectivity index (χ0v) is 20.6. The van der Waals surface area contributed by atoms with Gasteiger partial charge in [-0.15, -0.1) is 0 Å². The van der Waals surface area contributed by atoms with Crippen molar-refractivity contribution in [3.63, 3.8) is 0 Å². The number of nitrogens with one attached hydrogen (secondary N) is 2. The molecule has 0 bridgehead atoms. The predicted octanol–water partition coefficient (Wildman–Crippen LogP) is 4.47. The molecule has 0 aliphatic rings. The van der Waals surface area contributed by atoms with Crippen molar-refractivity contribution in [1.29, 1.82) is 5.26 Å². The zero-order chi connectivity index (χ0) is 25.2. The smallest absolute Gasteiger partial charge is 0.407 e. The summed E-state index contributed by atoms with van der Waals surface area (Å²) >= 11 is 1.52. The summed E-state index contributed by atoms with van der Waals surface area (Å²) in [5.74, 6) is 0. The fourth-order valence-corrected chi connectivity index (χ4v) is 4.22. The van der Waals surface area contributed by atoms with Crippen molar-refractivity contribution in [3.8, 4) is 17.2 Å². The summed E-state index contributed by atoms with van der Waals surface area (Å²) in [5.41, 5.74) is 3.24. The molecule has 0 fully saturated rings. The number of hydrogen-bond acceptors (Lipinski definition) is 7. The summed E-state index contributed by atoms with van der Waals surface area (Å²) in [7, 11) is 1.81. The Morgan fingerprint density at radius 1 is 1.31 bits per heavy atom. The molecule has 0 radical (unpaired) electrons. The minimum Gasteiger partial charge on any atom is -0.444 e. The molecule has 3 heterocycles. The van der Waals surface area contributed by atoms with E-state index in [1.165, 1.54) is 11.3 Å². The van der Waals surface area contributed by atoms with Crippen LogP contribution in [0.1, 0.15) is 37.7 Å². The van der Waals surface area contributed by atoms with Gasteiger partial charge in [-0.3, -0.25) is 9.48 Å². The molecule has 178 valence electrons. The molecular formula is C25H24N6O3S. The van der Waals surface area contributed by atoms with Crippen molar-refractivity contribution in [3.05, 3.63) is 68.5 Å². The number of carbonyl (C=O) groups is 1. The Morgan fingerprint density at radius 3 is 2.80 bits per heavy atom. The summed E-state index contributed by atoms with van der Waals surface area (Å²) < 4.78 is 6.99. The van der Waals surface area contributed by atoms with Crippen molar-refractivity contribution >= 4 is 39.9 Å². The van der Waals surface area contributed by atoms with Gasteiger partial charge in [-0.1, -0.05) is 6.07 Å². The molecule has 2 N–H and O–H groups in total. The molecule has 0 spiro atoms. The lowest BCUT2D eigenvalue weighted by molar-refractivity contribution is 0.0523. The number of carbonyl (C=O) groups excluding carboxylic acids is 1. The second-order valence-corrected chi connectivity index (χ2v) is 9.64. The Labute approximate surface area is 205 Å². The molecule has 4 aromatic rings. The molecule has 0 aliphatic heterocycles. The van der Waals surface area contributed by atoms with Gasteiger partial charge in [0.2, 0.25) is 0 Å². The van der Waals surface area contributed by atoms with Crippen LogP contribution >= 0.6 is 11.3 Å². The first-order valence-corrected chi connectivity index (χ1v) is 11.8. The van der Waals surface area contributed by atoms with Gasteiger partial charge >= 0.3 is 6.09 Å². The second kappa shape index (κ2) is 9.56. The van der Waals surface area contributed by atoms with Crippen LogP contribution in [0.5, 0.6) is 0 Å². The number of aromatic amines is 1. The first-order chi connectivity index (χ1) is 16.7. The third-order valence-electron chi connectivity index (χ3n) is 5.20. The number of aryl methyl sites for hydroxylation is 1. The van der Waals surface area contributed by atoms with Crippen LogP contribution in [-0.4, -0.2) is 31.7 Å². The van der Waals surface area contributed by atoms with E-state index in [2.05, 4.69) is 26.7 Å². The number of H-pyrrole nitrogens is 1. The highest BCUT2D eigenvalue weighted by Gasteiger charge is 2.18. The van der Waals surface area contributed by atoms with E-state index < -0.39 is 11.7 Å². The minimum absolute atomic E-state index is 0.0716. The standard InChI is InChI=1S/C25H24N6O3S/c1-25(2,3)34-24(33)27-13-21-19-9-15(5-6-18(19)23(32)30-29-21)20-12-28-31(4)22(20)10-17(11-26)16-7-8-35-14-16/h5-10,12,14H,13H2,1-4H3,(H,27,33)(H,30,32)/b17-10+. The SMILES string of the molecule is Cn1ncc(-c2ccc3c(=O)[nH]nc(CNC(=O)OC(C)(C)C)c3c2)c1/C=C(\C#N)c1ccsc1. The average Bonchev–Trinajstić information content (AvgIpc) is 3.46. The monoisotopic (exact) mass is 488 g/mol. The molecular weight excluding hydrogens is 464 g/mol. The maximum absolute atomic E-state index is 12.4. The molecule has 1 aromatic carbocycles. The van der Waals surface area contributed by atoms with Crippen LogP contribution in [0.2, 0.25) is 0 Å². The molecule has 10 heteroatoms. The number of thiophene rings is 1. The molecule has 0 atom stereocenters. The summed E-state index contributed by atoms with van der Waals surface area (Å²) in [4.78, 5) is 24.5. The third kappa shape index (κ3) is 5.31. The average molecular weight is 489 g/mol. The Bertz CT molecular complexity index is 1520. The Kier molecular flexibility index (Phi) is 6.53. The Hall–Kier alpha value is -4.23. The fraction of sp³-hybridized carbons (Fsp3) is 0.240. The van der Waals surface area contributed by atoms with Crippen molar-refractivity contribution in [1.82, 2.24) is 25.3 Å². The highest BCUT2D eigenvalue weighted by Crippen LogP contribution is 2.30. The zero-order valence-electron chi connectivity index (χ0n) is 19.7. The third-order valence-corrected chi connectivity index (χ3v) is 5.88. The van der Waals surface area contributed by atoms with Gasteiger partial charge in [0.25, 0.3) is 5.56 Å². The van der Waals surface area contributed by atoms with Gasteiger partial charge < -0.3 is 10.1 Å². The van der Waals surface area contributed by atoms with E-state index in [1.54, 1.807) is 50.8 Å². The van der Waals surface area contributed by atoms with Gasteiger partial charge in [-0.2, -0.15) is 26.8 Å². The number of allylic oxidation sites excluding steroid dienone is 1. The van der Waals surface area contributed by atoms with E-state index in [0.29, 0.717) is 22.0 Å². The van der Waals surface area contributed by atoms with Crippen LogP contribution in [0.25, 0.3) is 33.5 Å². The highest BCUT2D eigenvalue weighted by molar-refractivity contribution is 7.08. The summed E-state index contributed by atoms with van der Waals surface area (Å²) in [6.45, 7) is 5.41. The molecule has 3 aromatic heterocycles. The number of benzene rings is 1. The minimum atomic E-state index is -0.632. The summed E-state index contributed by atoms with van der Waals surface area (Å²) in [6.07, 6.45) is 2.94. The van der Waals surface area contributed by atoms with Crippen LogP contribution in [0.15, 0.2) is 46.0 Å². The number of aromatic nitrogens is 4. The number of ether oxygens (including phenoxy) is 1. The summed E-state index contributed by atoms with van der Waals surface area (Å²) in [6, 6.07) is 9.54. The summed E-state index contributed by atoms with van der Waals surface area (Å²) in [5, 5.41) is 28.3. The predicted molar refractivity (Wildman–Crippen MR) is 135 cm³/mol. The van der Waals surface area contributed by atoms with Gasteiger partial charge in [-0.25, -0.2) is 9.89 Å². The second-order valence-electron chi connectivity index (χ2n) is 8.86. The van der Waals surface area contributed by atoms with Crippen molar-refractivity contribution in [2.75, 3.05) is 0 Å². The Morgan fingerprint density at radius 2 is 2.11 bits per heavy atom. The van der Waals surface area contributed by atoms with Gasteiger partial charge in [0.15, 0.2) is 0 Å². The normalized spacial score (nSPS) is 11.9. The molecule has 0 saturated heterocycles. The number of nitrogens with zero attached hydrogens (tertiary/aromatic N) is 4. The van der Waals surface area contributed by atoms with Gasteiger partial charge in [0, 0.05) is 23.6 Å². The molecule has 1 amide bonds. The van der Waals surface area contributed by atoms with Crippen molar-refractivity contribution in [2.24, 2.45) is 7.05 Å². The van der Waals surface area contributed by atoms with Crippen LogP contribution in [0.4, 0.5) is 4.79 Å². The molecule has 35 heavy (non-hydrogen) atoms. The Balaban J connectivity index is 1.74. The molecule has 0 aliphatic carbocycles. The molecule has 0 saturated carbocycles. The molecule has 9 nitrogen and oxygen atoms in total. The number of amides is 1. The fourth-order valence-electron chi connectivity index (χ4n) is 3.57. The van der Waals surface area contributed by atoms with E-state index in [9.17, 15) is 14.9 Å². The van der Waals surface area contributed by atoms with Crippen LogP contribution in [0, 0.1) is 11.3 Å².